The van der Waals surface area contributed by atoms with Gasteiger partial charge >= 0.3 is 11.9 Å². The summed E-state index contributed by atoms with van der Waals surface area (Å²) >= 11 is 3.92. The van der Waals surface area contributed by atoms with Crippen molar-refractivity contribution in [3.8, 4) is 0 Å². The SMILES string of the molecule is NC(=O)CC(NC(=O)C(CS)NC(=O)C(CC(=O)O)NC(=O)C(N)Cc1cnc[nH]1)C(=O)O. The Kier molecular flexibility index (Phi) is 10.8. The summed E-state index contributed by atoms with van der Waals surface area (Å²) in [5.74, 6) is -7.13. The average Bonchev–Trinajstić information content (AvgIpc) is 3.22. The minimum absolute atomic E-state index is 0.0331. The standard InChI is InChI=1S/C17H25N7O8S/c18-8(1-7-4-20-6-21-7)14(28)22-9(3-13(26)27)15(29)24-11(5-33)16(30)23-10(17(31)32)2-12(19)25/h4,6,8-11,33H,1-3,5,18H2,(H2,19,25)(H,20,21)(H,22,28)(H,23,30)(H,24,29)(H,26,27)(H,31,32). The lowest BCUT2D eigenvalue weighted by molar-refractivity contribution is -0.144. The number of primary amides is 1. The summed E-state index contributed by atoms with van der Waals surface area (Å²) in [4.78, 5) is 77.1. The highest BCUT2D eigenvalue weighted by Crippen LogP contribution is 2.02. The number of thiol groups is 1. The number of aliphatic carboxylic acids is 2. The Morgan fingerprint density at radius 1 is 0.970 bits per heavy atom. The number of carbonyl (C=O) groups is 6. The van der Waals surface area contributed by atoms with Gasteiger partial charge in [-0.2, -0.15) is 12.6 Å². The second-order valence-electron chi connectivity index (χ2n) is 6.86. The number of imidazole rings is 1. The number of aromatic nitrogens is 2. The molecule has 4 amide bonds. The van der Waals surface area contributed by atoms with Crippen LogP contribution < -0.4 is 27.4 Å². The van der Waals surface area contributed by atoms with Gasteiger partial charge in [-0.15, -0.1) is 0 Å². The van der Waals surface area contributed by atoms with Crippen LogP contribution in [0.4, 0.5) is 0 Å². The lowest BCUT2D eigenvalue weighted by Crippen LogP contribution is -2.58. The molecule has 0 radical (unpaired) electrons. The summed E-state index contributed by atoms with van der Waals surface area (Å²) in [6, 6.07) is -5.80. The lowest BCUT2D eigenvalue weighted by Gasteiger charge is -2.23. The number of aromatic amines is 1. The van der Waals surface area contributed by atoms with Crippen LogP contribution in [0, 0.1) is 0 Å². The molecule has 182 valence electrons. The van der Waals surface area contributed by atoms with E-state index in [1.165, 1.54) is 12.5 Å². The Labute approximate surface area is 192 Å². The van der Waals surface area contributed by atoms with E-state index >= 15 is 0 Å². The van der Waals surface area contributed by atoms with E-state index in [4.69, 9.17) is 21.7 Å². The third-order valence-corrected chi connectivity index (χ3v) is 4.54. The normalized spacial score (nSPS) is 14.2. The van der Waals surface area contributed by atoms with Crippen LogP contribution in [0.2, 0.25) is 0 Å². The Bertz CT molecular complexity index is 879. The van der Waals surface area contributed by atoms with Crippen LogP contribution in [0.5, 0.6) is 0 Å². The number of carboxylic acids is 2. The van der Waals surface area contributed by atoms with Gasteiger partial charge in [-0.05, 0) is 0 Å². The maximum absolute atomic E-state index is 12.6. The number of carbonyl (C=O) groups excluding carboxylic acids is 4. The van der Waals surface area contributed by atoms with Crippen molar-refractivity contribution in [3.63, 3.8) is 0 Å². The van der Waals surface area contributed by atoms with Crippen molar-refractivity contribution in [1.82, 2.24) is 25.9 Å². The summed E-state index contributed by atoms with van der Waals surface area (Å²) < 4.78 is 0. The van der Waals surface area contributed by atoms with Crippen LogP contribution in [0.25, 0.3) is 0 Å². The van der Waals surface area contributed by atoms with E-state index in [1.54, 1.807) is 0 Å². The average molecular weight is 487 g/mol. The molecular weight excluding hydrogens is 462 g/mol. The van der Waals surface area contributed by atoms with Crippen LogP contribution >= 0.6 is 12.6 Å². The van der Waals surface area contributed by atoms with Crippen molar-refractivity contribution >= 4 is 48.2 Å². The molecule has 10 N–H and O–H groups in total. The summed E-state index contributed by atoms with van der Waals surface area (Å²) in [6.07, 6.45) is 1.33. The maximum atomic E-state index is 12.6. The first-order valence-electron chi connectivity index (χ1n) is 9.42. The zero-order valence-electron chi connectivity index (χ0n) is 17.2. The van der Waals surface area contributed by atoms with Crippen LogP contribution in [0.15, 0.2) is 12.5 Å². The minimum atomic E-state index is -1.65. The molecule has 1 heterocycles. The molecule has 15 nitrogen and oxygen atoms in total. The fraction of sp³-hybridized carbons (Fsp3) is 0.471. The fourth-order valence-corrected chi connectivity index (χ4v) is 2.79. The summed E-state index contributed by atoms with van der Waals surface area (Å²) in [6.45, 7) is 0. The fourth-order valence-electron chi connectivity index (χ4n) is 2.53. The smallest absolute Gasteiger partial charge is 0.326 e. The number of hydrogen-bond acceptors (Lipinski definition) is 9. The number of nitrogens with one attached hydrogen (secondary N) is 4. The highest BCUT2D eigenvalue weighted by Gasteiger charge is 2.31. The van der Waals surface area contributed by atoms with Crippen molar-refractivity contribution in [2.75, 3.05) is 5.75 Å². The molecule has 4 unspecified atom stereocenters. The third kappa shape index (κ3) is 9.56. The molecule has 1 aromatic rings. The van der Waals surface area contributed by atoms with Gasteiger partial charge in [-0.1, -0.05) is 0 Å². The molecule has 1 rings (SSSR count). The van der Waals surface area contributed by atoms with Gasteiger partial charge in [0.2, 0.25) is 23.6 Å². The molecule has 4 atom stereocenters. The predicted molar refractivity (Wildman–Crippen MR) is 114 cm³/mol. The first kappa shape index (κ1) is 27.4. The zero-order valence-corrected chi connectivity index (χ0v) is 18.1. The molecule has 0 aliphatic rings. The molecule has 0 spiro atoms. The Balaban J connectivity index is 2.84. The van der Waals surface area contributed by atoms with E-state index in [1.807, 2.05) is 5.32 Å². The van der Waals surface area contributed by atoms with Crippen LogP contribution in [-0.4, -0.2) is 85.7 Å². The van der Waals surface area contributed by atoms with Crippen molar-refractivity contribution in [1.29, 1.82) is 0 Å². The first-order chi connectivity index (χ1) is 15.4. The van der Waals surface area contributed by atoms with Crippen molar-refractivity contribution in [3.05, 3.63) is 18.2 Å². The Hall–Kier alpha value is -3.66. The van der Waals surface area contributed by atoms with E-state index in [0.29, 0.717) is 5.69 Å². The van der Waals surface area contributed by atoms with Gasteiger partial charge in [0.1, 0.15) is 18.1 Å². The number of nitrogens with zero attached hydrogens (tertiary/aromatic N) is 1. The van der Waals surface area contributed by atoms with Crippen LogP contribution in [0.1, 0.15) is 18.5 Å². The zero-order chi connectivity index (χ0) is 25.1. The van der Waals surface area contributed by atoms with E-state index in [0.717, 1.165) is 0 Å². The molecule has 16 heteroatoms. The molecule has 0 fully saturated rings. The van der Waals surface area contributed by atoms with Crippen LogP contribution in [0.3, 0.4) is 0 Å². The molecule has 0 aromatic carbocycles. The van der Waals surface area contributed by atoms with Gasteiger partial charge in [0.05, 0.1) is 25.2 Å². The molecule has 0 aliphatic carbocycles. The van der Waals surface area contributed by atoms with Gasteiger partial charge in [-0.25, -0.2) is 9.78 Å². The highest BCUT2D eigenvalue weighted by atomic mass is 32.1. The number of H-pyrrole nitrogens is 1. The summed E-state index contributed by atoms with van der Waals surface area (Å²) in [5.41, 5.74) is 11.3. The van der Waals surface area contributed by atoms with Crippen molar-refractivity contribution in [2.45, 2.75) is 43.4 Å². The number of amides is 4. The second-order valence-corrected chi connectivity index (χ2v) is 7.23. The van der Waals surface area contributed by atoms with E-state index in [2.05, 4.69) is 33.2 Å². The number of carboxylic acid groups (broad SMARTS) is 2. The largest absolute Gasteiger partial charge is 0.481 e. The second kappa shape index (κ2) is 13.0. The highest BCUT2D eigenvalue weighted by molar-refractivity contribution is 7.80. The Morgan fingerprint density at radius 3 is 2.03 bits per heavy atom. The van der Waals surface area contributed by atoms with Crippen molar-refractivity contribution in [2.24, 2.45) is 11.5 Å². The molecule has 1 aromatic heterocycles. The molecule has 0 aliphatic heterocycles. The van der Waals surface area contributed by atoms with E-state index in [-0.39, 0.29) is 12.2 Å². The molecule has 0 saturated carbocycles. The van der Waals surface area contributed by atoms with Gasteiger partial charge in [0.25, 0.3) is 0 Å². The summed E-state index contributed by atoms with van der Waals surface area (Å²) in [7, 11) is 0. The minimum Gasteiger partial charge on any atom is -0.481 e. The topological polar surface area (TPSA) is 260 Å². The van der Waals surface area contributed by atoms with Crippen LogP contribution in [-0.2, 0) is 35.2 Å². The van der Waals surface area contributed by atoms with E-state index < -0.39 is 72.6 Å². The monoisotopic (exact) mass is 487 g/mol. The number of rotatable bonds is 14. The molecule has 0 bridgehead atoms. The number of nitrogens with two attached hydrogens (primary N) is 2. The predicted octanol–water partition coefficient (Wildman–Crippen LogP) is -3.90. The van der Waals surface area contributed by atoms with Gasteiger partial charge in [-0.3, -0.25) is 24.0 Å². The van der Waals surface area contributed by atoms with Gasteiger partial charge in [0.15, 0.2) is 0 Å². The molecular formula is C17H25N7O8S. The molecule has 33 heavy (non-hydrogen) atoms. The third-order valence-electron chi connectivity index (χ3n) is 4.18. The number of hydrogen-bond donors (Lipinski definition) is 9. The van der Waals surface area contributed by atoms with Crippen molar-refractivity contribution < 1.29 is 39.0 Å². The van der Waals surface area contributed by atoms with E-state index in [9.17, 15) is 28.8 Å². The lowest BCUT2D eigenvalue weighted by atomic mass is 10.1. The Morgan fingerprint density at radius 2 is 1.55 bits per heavy atom. The summed E-state index contributed by atoms with van der Waals surface area (Å²) in [5, 5.41) is 24.6. The van der Waals surface area contributed by atoms with Gasteiger partial charge in [0, 0.05) is 24.1 Å². The van der Waals surface area contributed by atoms with Gasteiger partial charge < -0.3 is 42.6 Å². The molecule has 0 saturated heterocycles. The maximum Gasteiger partial charge on any atom is 0.326 e. The first-order valence-corrected chi connectivity index (χ1v) is 10.1. The quantitative estimate of drug-likeness (QED) is 0.115.